The number of carboxylic acids is 1. The van der Waals surface area contributed by atoms with Crippen molar-refractivity contribution < 1.29 is 19.4 Å². The molecule has 2 N–H and O–H groups in total. The van der Waals surface area contributed by atoms with Gasteiger partial charge in [0.05, 0.1) is 13.0 Å². The first-order chi connectivity index (χ1) is 8.56. The van der Waals surface area contributed by atoms with Gasteiger partial charge in [0.15, 0.2) is 4.88 Å². The third kappa shape index (κ3) is 3.46. The molecular formula is C12H15NO4S. The highest BCUT2D eigenvalue weighted by molar-refractivity contribution is 7.14. The van der Waals surface area contributed by atoms with E-state index in [0.717, 1.165) is 17.7 Å². The first kappa shape index (κ1) is 12.9. The van der Waals surface area contributed by atoms with E-state index in [1.807, 2.05) is 6.92 Å². The van der Waals surface area contributed by atoms with Crippen LogP contribution in [0.2, 0.25) is 0 Å². The summed E-state index contributed by atoms with van der Waals surface area (Å²) in [5.74, 6) is -0.684. The second kappa shape index (κ2) is 5.39. The average molecular weight is 269 g/mol. The molecule has 98 valence electrons. The maximum absolute atomic E-state index is 11.4. The summed E-state index contributed by atoms with van der Waals surface area (Å²) < 4.78 is 5.36. The molecule has 0 aromatic carbocycles. The highest BCUT2D eigenvalue weighted by Gasteiger charge is 2.23. The Morgan fingerprint density at radius 2 is 2.28 bits per heavy atom. The minimum atomic E-state index is -0.995. The van der Waals surface area contributed by atoms with E-state index in [0.29, 0.717) is 11.8 Å². The normalized spacial score (nSPS) is 14.3. The van der Waals surface area contributed by atoms with E-state index in [9.17, 15) is 9.59 Å². The van der Waals surface area contributed by atoms with Crippen molar-refractivity contribution in [1.29, 1.82) is 0 Å². The van der Waals surface area contributed by atoms with Gasteiger partial charge in [-0.05, 0) is 25.8 Å². The second-order valence-electron chi connectivity index (χ2n) is 4.30. The molecule has 1 aromatic rings. The van der Waals surface area contributed by atoms with Gasteiger partial charge in [0.1, 0.15) is 5.75 Å². The summed E-state index contributed by atoms with van der Waals surface area (Å²) in [5.41, 5.74) is 0. The van der Waals surface area contributed by atoms with Crippen molar-refractivity contribution in [2.45, 2.75) is 32.2 Å². The van der Waals surface area contributed by atoms with Gasteiger partial charge in [-0.15, -0.1) is 11.3 Å². The van der Waals surface area contributed by atoms with Gasteiger partial charge < -0.3 is 15.2 Å². The Kier molecular flexibility index (Phi) is 3.86. The van der Waals surface area contributed by atoms with Crippen molar-refractivity contribution in [3.8, 4) is 5.75 Å². The Bertz CT molecular complexity index is 465. The van der Waals surface area contributed by atoms with E-state index in [-0.39, 0.29) is 23.8 Å². The zero-order valence-electron chi connectivity index (χ0n) is 10.1. The van der Waals surface area contributed by atoms with E-state index in [4.69, 9.17) is 9.84 Å². The monoisotopic (exact) mass is 269 g/mol. The van der Waals surface area contributed by atoms with Gasteiger partial charge in [-0.1, -0.05) is 0 Å². The number of hydrogen-bond acceptors (Lipinski definition) is 4. The standard InChI is InChI=1S/C12H15NO4S/c1-7-6-9(11(18-7)12(15)16)17-5-4-10(14)13-8-2-3-8/h6,8H,2-5H2,1H3,(H,13,14)(H,15,16). The molecule has 1 amide bonds. The summed E-state index contributed by atoms with van der Waals surface area (Å²) in [7, 11) is 0. The number of ether oxygens (including phenoxy) is 1. The van der Waals surface area contributed by atoms with Gasteiger partial charge in [-0.3, -0.25) is 4.79 Å². The number of carbonyl (C=O) groups is 2. The number of aryl methyl sites for hydroxylation is 1. The van der Waals surface area contributed by atoms with Crippen LogP contribution in [0.15, 0.2) is 6.07 Å². The third-order valence-electron chi connectivity index (χ3n) is 2.54. The Hall–Kier alpha value is -1.56. The van der Waals surface area contributed by atoms with E-state index in [1.54, 1.807) is 6.07 Å². The maximum atomic E-state index is 11.4. The van der Waals surface area contributed by atoms with E-state index in [1.165, 1.54) is 11.3 Å². The lowest BCUT2D eigenvalue weighted by Gasteiger charge is -2.05. The zero-order valence-corrected chi connectivity index (χ0v) is 10.9. The van der Waals surface area contributed by atoms with Crippen LogP contribution in [-0.4, -0.2) is 29.6 Å². The molecule has 1 aliphatic carbocycles. The number of carboxylic acid groups (broad SMARTS) is 1. The van der Waals surface area contributed by atoms with Crippen LogP contribution in [0.4, 0.5) is 0 Å². The minimum Gasteiger partial charge on any atom is -0.491 e. The summed E-state index contributed by atoms with van der Waals surface area (Å²) in [6.45, 7) is 2.03. The molecule has 0 radical (unpaired) electrons. The molecule has 0 atom stereocenters. The van der Waals surface area contributed by atoms with Gasteiger partial charge in [-0.2, -0.15) is 0 Å². The molecule has 18 heavy (non-hydrogen) atoms. The number of aromatic carboxylic acids is 1. The molecular weight excluding hydrogens is 254 g/mol. The minimum absolute atomic E-state index is 0.0404. The lowest BCUT2D eigenvalue weighted by Crippen LogP contribution is -2.26. The Morgan fingerprint density at radius 1 is 1.56 bits per heavy atom. The smallest absolute Gasteiger partial charge is 0.349 e. The Morgan fingerprint density at radius 3 is 2.89 bits per heavy atom. The fourth-order valence-corrected chi connectivity index (χ4v) is 2.32. The number of rotatable bonds is 6. The fourth-order valence-electron chi connectivity index (χ4n) is 1.53. The molecule has 0 unspecified atom stereocenters. The maximum Gasteiger partial charge on any atom is 0.349 e. The summed E-state index contributed by atoms with van der Waals surface area (Å²) >= 11 is 1.18. The third-order valence-corrected chi connectivity index (χ3v) is 3.56. The molecule has 0 aliphatic heterocycles. The van der Waals surface area contributed by atoms with E-state index >= 15 is 0 Å². The first-order valence-electron chi connectivity index (χ1n) is 5.82. The summed E-state index contributed by atoms with van der Waals surface area (Å²) in [4.78, 5) is 23.4. The number of carbonyl (C=O) groups excluding carboxylic acids is 1. The van der Waals surface area contributed by atoms with Crippen molar-refractivity contribution in [1.82, 2.24) is 5.32 Å². The lowest BCUT2D eigenvalue weighted by molar-refractivity contribution is -0.121. The molecule has 6 heteroatoms. The fraction of sp³-hybridized carbons (Fsp3) is 0.500. The highest BCUT2D eigenvalue weighted by atomic mass is 32.1. The van der Waals surface area contributed by atoms with Crippen LogP contribution in [0.1, 0.15) is 33.8 Å². The molecule has 1 fully saturated rings. The average Bonchev–Trinajstić information content (AvgIpc) is 3.00. The van der Waals surface area contributed by atoms with Crippen LogP contribution in [-0.2, 0) is 4.79 Å². The Labute approximate surface area is 109 Å². The van der Waals surface area contributed by atoms with Crippen LogP contribution >= 0.6 is 11.3 Å². The quantitative estimate of drug-likeness (QED) is 0.825. The highest BCUT2D eigenvalue weighted by Crippen LogP contribution is 2.28. The SMILES string of the molecule is Cc1cc(OCCC(=O)NC2CC2)c(C(=O)O)s1. The van der Waals surface area contributed by atoms with Crippen LogP contribution < -0.4 is 10.1 Å². The zero-order chi connectivity index (χ0) is 13.1. The van der Waals surface area contributed by atoms with Gasteiger partial charge in [0.2, 0.25) is 5.91 Å². The van der Waals surface area contributed by atoms with Gasteiger partial charge in [-0.25, -0.2) is 4.79 Å². The van der Waals surface area contributed by atoms with Crippen molar-refractivity contribution in [2.75, 3.05) is 6.61 Å². The summed E-state index contributed by atoms with van der Waals surface area (Å²) in [5, 5.41) is 11.8. The van der Waals surface area contributed by atoms with Crippen molar-refractivity contribution in [3.05, 3.63) is 15.8 Å². The van der Waals surface area contributed by atoms with E-state index < -0.39 is 5.97 Å². The molecule has 0 bridgehead atoms. The van der Waals surface area contributed by atoms with Gasteiger partial charge >= 0.3 is 5.97 Å². The van der Waals surface area contributed by atoms with Crippen molar-refractivity contribution in [3.63, 3.8) is 0 Å². The summed E-state index contributed by atoms with van der Waals surface area (Å²) in [6.07, 6.45) is 2.36. The number of hydrogen-bond donors (Lipinski definition) is 2. The predicted molar refractivity (Wildman–Crippen MR) is 67.3 cm³/mol. The van der Waals surface area contributed by atoms with Gasteiger partial charge in [0, 0.05) is 10.9 Å². The molecule has 5 nitrogen and oxygen atoms in total. The van der Waals surface area contributed by atoms with Crippen molar-refractivity contribution in [2.24, 2.45) is 0 Å². The molecule has 2 rings (SSSR count). The number of nitrogens with one attached hydrogen (secondary N) is 1. The molecule has 1 saturated carbocycles. The summed E-state index contributed by atoms with van der Waals surface area (Å²) in [6, 6.07) is 2.03. The van der Waals surface area contributed by atoms with Crippen LogP contribution in [0.3, 0.4) is 0 Å². The van der Waals surface area contributed by atoms with Gasteiger partial charge in [0.25, 0.3) is 0 Å². The number of thiophene rings is 1. The van der Waals surface area contributed by atoms with Crippen LogP contribution in [0.5, 0.6) is 5.75 Å². The second-order valence-corrected chi connectivity index (χ2v) is 5.55. The van der Waals surface area contributed by atoms with Crippen LogP contribution in [0.25, 0.3) is 0 Å². The first-order valence-corrected chi connectivity index (χ1v) is 6.64. The van der Waals surface area contributed by atoms with Crippen molar-refractivity contribution >= 4 is 23.2 Å². The topological polar surface area (TPSA) is 75.6 Å². The van der Waals surface area contributed by atoms with Crippen LogP contribution in [0, 0.1) is 6.92 Å². The predicted octanol–water partition coefficient (Wildman–Crippen LogP) is 1.80. The van der Waals surface area contributed by atoms with E-state index in [2.05, 4.69) is 5.32 Å². The molecule has 0 spiro atoms. The molecule has 1 heterocycles. The molecule has 0 saturated heterocycles. The molecule has 1 aromatic heterocycles. The largest absolute Gasteiger partial charge is 0.491 e. The lowest BCUT2D eigenvalue weighted by atomic mass is 10.4. The Balaban J connectivity index is 1.81. The number of amides is 1. The molecule has 1 aliphatic rings.